The maximum absolute atomic E-state index is 5.66. The van der Waals surface area contributed by atoms with Crippen LogP contribution in [-0.4, -0.2) is 6.54 Å². The third-order valence-electron chi connectivity index (χ3n) is 3.77. The fourth-order valence-corrected chi connectivity index (χ4v) is 2.86. The van der Waals surface area contributed by atoms with Crippen molar-refractivity contribution in [3.8, 4) is 0 Å². The Morgan fingerprint density at radius 2 is 1.69 bits per heavy atom. The second kappa shape index (κ2) is 6.05. The van der Waals surface area contributed by atoms with Crippen LogP contribution < -0.4 is 5.73 Å². The van der Waals surface area contributed by atoms with Gasteiger partial charge in [-0.15, -0.1) is 0 Å². The van der Waals surface area contributed by atoms with Crippen molar-refractivity contribution < 1.29 is 0 Å². The lowest BCUT2D eigenvalue weighted by molar-refractivity contribution is 0.356. The van der Waals surface area contributed by atoms with Crippen LogP contribution in [0.3, 0.4) is 0 Å². The van der Waals surface area contributed by atoms with Crippen LogP contribution in [0.5, 0.6) is 0 Å². The van der Waals surface area contributed by atoms with Crippen LogP contribution in [0.2, 0.25) is 0 Å². The summed E-state index contributed by atoms with van der Waals surface area (Å²) in [5.41, 5.74) is 8.67. The van der Waals surface area contributed by atoms with Crippen molar-refractivity contribution in [1.29, 1.82) is 0 Å². The molecule has 1 fully saturated rings. The highest BCUT2D eigenvalue weighted by molar-refractivity contribution is 5.27. The summed E-state index contributed by atoms with van der Waals surface area (Å²) in [4.78, 5) is 0. The van der Waals surface area contributed by atoms with E-state index >= 15 is 0 Å². The van der Waals surface area contributed by atoms with E-state index in [1.54, 1.807) is 5.56 Å². The zero-order valence-electron chi connectivity index (χ0n) is 10.1. The summed E-state index contributed by atoms with van der Waals surface area (Å²) >= 11 is 0. The van der Waals surface area contributed by atoms with Gasteiger partial charge in [-0.2, -0.15) is 0 Å². The van der Waals surface area contributed by atoms with Gasteiger partial charge in [0.05, 0.1) is 0 Å². The van der Waals surface area contributed by atoms with E-state index in [1.165, 1.54) is 44.1 Å². The van der Waals surface area contributed by atoms with E-state index in [2.05, 4.69) is 24.3 Å². The van der Waals surface area contributed by atoms with E-state index in [0.717, 1.165) is 18.9 Å². The third kappa shape index (κ3) is 3.08. The molecule has 0 atom stereocenters. The standard InChI is InChI=1S/C15H23N/c16-11-10-14-8-4-5-9-15(14)12-13-6-2-1-3-7-13/h4-5,8-9,13H,1-3,6-7,10-12,16H2. The summed E-state index contributed by atoms with van der Waals surface area (Å²) in [5.74, 6) is 0.924. The van der Waals surface area contributed by atoms with Crippen molar-refractivity contribution in [3.63, 3.8) is 0 Å². The van der Waals surface area contributed by atoms with Crippen molar-refractivity contribution in [2.75, 3.05) is 6.54 Å². The summed E-state index contributed by atoms with van der Waals surface area (Å²) in [5, 5.41) is 0. The van der Waals surface area contributed by atoms with Crippen LogP contribution in [0, 0.1) is 5.92 Å². The minimum Gasteiger partial charge on any atom is -0.330 e. The van der Waals surface area contributed by atoms with Gasteiger partial charge in [0.2, 0.25) is 0 Å². The van der Waals surface area contributed by atoms with E-state index < -0.39 is 0 Å². The van der Waals surface area contributed by atoms with E-state index in [-0.39, 0.29) is 0 Å². The first kappa shape index (κ1) is 11.7. The van der Waals surface area contributed by atoms with E-state index in [0.29, 0.717) is 0 Å². The van der Waals surface area contributed by atoms with Crippen molar-refractivity contribution in [2.24, 2.45) is 11.7 Å². The number of hydrogen-bond donors (Lipinski definition) is 1. The summed E-state index contributed by atoms with van der Waals surface area (Å²) in [6, 6.07) is 8.83. The van der Waals surface area contributed by atoms with Gasteiger partial charge in [0.25, 0.3) is 0 Å². The molecule has 1 aromatic rings. The molecule has 16 heavy (non-hydrogen) atoms. The average molecular weight is 217 g/mol. The molecule has 2 N–H and O–H groups in total. The Labute approximate surface area is 99.0 Å². The minimum absolute atomic E-state index is 0.766. The Kier molecular flexibility index (Phi) is 4.41. The Hall–Kier alpha value is -0.820. The molecule has 0 unspecified atom stereocenters. The zero-order valence-corrected chi connectivity index (χ0v) is 10.1. The summed E-state index contributed by atoms with van der Waals surface area (Å²) in [7, 11) is 0. The summed E-state index contributed by atoms with van der Waals surface area (Å²) in [6.45, 7) is 0.766. The molecular weight excluding hydrogens is 194 g/mol. The number of benzene rings is 1. The molecule has 88 valence electrons. The lowest BCUT2D eigenvalue weighted by Gasteiger charge is -2.22. The van der Waals surface area contributed by atoms with Crippen LogP contribution in [0.15, 0.2) is 24.3 Å². The highest BCUT2D eigenvalue weighted by Crippen LogP contribution is 2.27. The summed E-state index contributed by atoms with van der Waals surface area (Å²) < 4.78 is 0. The molecule has 1 aliphatic rings. The van der Waals surface area contributed by atoms with E-state index in [9.17, 15) is 0 Å². The first-order chi connectivity index (χ1) is 7.90. The second-order valence-electron chi connectivity index (χ2n) is 5.02. The molecule has 0 bridgehead atoms. The van der Waals surface area contributed by atoms with Gasteiger partial charge in [-0.25, -0.2) is 0 Å². The van der Waals surface area contributed by atoms with Gasteiger partial charge >= 0.3 is 0 Å². The predicted octanol–water partition coefficient (Wildman–Crippen LogP) is 3.31. The zero-order chi connectivity index (χ0) is 11.2. The molecule has 0 heterocycles. The average Bonchev–Trinajstić information content (AvgIpc) is 2.33. The van der Waals surface area contributed by atoms with Crippen LogP contribution in [-0.2, 0) is 12.8 Å². The molecule has 0 saturated heterocycles. The van der Waals surface area contributed by atoms with Crippen LogP contribution in [0.25, 0.3) is 0 Å². The van der Waals surface area contributed by atoms with Crippen molar-refractivity contribution >= 4 is 0 Å². The predicted molar refractivity (Wildman–Crippen MR) is 69.5 cm³/mol. The number of hydrogen-bond acceptors (Lipinski definition) is 1. The van der Waals surface area contributed by atoms with Gasteiger partial charge < -0.3 is 5.73 Å². The molecule has 0 radical (unpaired) electrons. The Morgan fingerprint density at radius 1 is 1.00 bits per heavy atom. The SMILES string of the molecule is NCCc1ccccc1CC1CCCCC1. The number of rotatable bonds is 4. The Balaban J connectivity index is 2.01. The highest BCUT2D eigenvalue weighted by atomic mass is 14.5. The van der Waals surface area contributed by atoms with Gasteiger partial charge in [0.1, 0.15) is 0 Å². The second-order valence-corrected chi connectivity index (χ2v) is 5.02. The third-order valence-corrected chi connectivity index (χ3v) is 3.77. The molecule has 0 aliphatic heterocycles. The molecule has 1 aliphatic carbocycles. The quantitative estimate of drug-likeness (QED) is 0.822. The highest BCUT2D eigenvalue weighted by Gasteiger charge is 2.14. The fraction of sp³-hybridized carbons (Fsp3) is 0.600. The van der Waals surface area contributed by atoms with Crippen LogP contribution in [0.4, 0.5) is 0 Å². The van der Waals surface area contributed by atoms with Crippen LogP contribution in [0.1, 0.15) is 43.2 Å². The van der Waals surface area contributed by atoms with Crippen molar-refractivity contribution in [3.05, 3.63) is 35.4 Å². The number of nitrogens with two attached hydrogens (primary N) is 1. The molecule has 1 heteroatoms. The van der Waals surface area contributed by atoms with E-state index in [4.69, 9.17) is 5.73 Å². The molecule has 1 aromatic carbocycles. The van der Waals surface area contributed by atoms with Gasteiger partial charge in [-0.3, -0.25) is 0 Å². The maximum atomic E-state index is 5.66. The monoisotopic (exact) mass is 217 g/mol. The van der Waals surface area contributed by atoms with E-state index in [1.807, 2.05) is 0 Å². The van der Waals surface area contributed by atoms with Gasteiger partial charge in [0, 0.05) is 0 Å². The first-order valence-corrected chi connectivity index (χ1v) is 6.67. The lowest BCUT2D eigenvalue weighted by atomic mass is 9.83. The molecular formula is C15H23N. The van der Waals surface area contributed by atoms with Crippen molar-refractivity contribution in [1.82, 2.24) is 0 Å². The molecule has 1 saturated carbocycles. The van der Waals surface area contributed by atoms with Gasteiger partial charge in [-0.05, 0) is 36.4 Å². The molecule has 1 nitrogen and oxygen atoms in total. The Bertz CT molecular complexity index is 313. The first-order valence-electron chi connectivity index (χ1n) is 6.67. The molecule has 0 spiro atoms. The maximum Gasteiger partial charge on any atom is -0.00366 e. The lowest BCUT2D eigenvalue weighted by Crippen LogP contribution is -2.12. The topological polar surface area (TPSA) is 26.0 Å². The largest absolute Gasteiger partial charge is 0.330 e. The minimum atomic E-state index is 0.766. The van der Waals surface area contributed by atoms with Gasteiger partial charge in [0.15, 0.2) is 0 Å². The summed E-state index contributed by atoms with van der Waals surface area (Å²) in [6.07, 6.45) is 9.47. The van der Waals surface area contributed by atoms with Crippen molar-refractivity contribution in [2.45, 2.75) is 44.9 Å². The smallest absolute Gasteiger partial charge is 0.00366 e. The fourth-order valence-electron chi connectivity index (χ4n) is 2.86. The Morgan fingerprint density at radius 3 is 2.38 bits per heavy atom. The molecule has 0 aromatic heterocycles. The molecule has 2 rings (SSSR count). The van der Waals surface area contributed by atoms with Gasteiger partial charge in [-0.1, -0.05) is 56.4 Å². The molecule has 0 amide bonds. The van der Waals surface area contributed by atoms with Crippen LogP contribution >= 0.6 is 0 Å². The normalized spacial score (nSPS) is 17.6.